The molecule has 1 aromatic rings. The van der Waals surface area contributed by atoms with Gasteiger partial charge in [-0.1, -0.05) is 25.3 Å². The van der Waals surface area contributed by atoms with Crippen LogP contribution in [0.5, 0.6) is 17.2 Å². The van der Waals surface area contributed by atoms with Crippen molar-refractivity contribution < 1.29 is 24.1 Å². The molecule has 0 amide bonds. The van der Waals surface area contributed by atoms with E-state index in [1.165, 1.54) is 0 Å². The molecule has 0 saturated heterocycles. The largest absolute Gasteiger partial charge is 0.492 e. The molecule has 0 spiro atoms. The summed E-state index contributed by atoms with van der Waals surface area (Å²) in [5.74, 6) is 0.918. The summed E-state index contributed by atoms with van der Waals surface area (Å²) < 4.78 is 17.0. The maximum absolute atomic E-state index is 12.1. The van der Waals surface area contributed by atoms with Crippen LogP contribution in [0.15, 0.2) is 12.1 Å². The average molecular weight is 306 g/mol. The van der Waals surface area contributed by atoms with Crippen LogP contribution in [0.4, 0.5) is 0 Å². The fourth-order valence-electron chi connectivity index (χ4n) is 3.54. The van der Waals surface area contributed by atoms with Gasteiger partial charge in [0.25, 0.3) is 0 Å². The molecule has 0 atom stereocenters. The van der Waals surface area contributed by atoms with Crippen LogP contribution in [-0.2, 0) is 10.2 Å². The number of carboxylic acid groups (broad SMARTS) is 1. The number of fused-ring (bicyclic) bond motifs is 1. The van der Waals surface area contributed by atoms with Crippen LogP contribution in [0.3, 0.4) is 0 Å². The molecule has 1 aromatic carbocycles. The standard InChI is InChI=1S/C17H22O5/c1-20-14-12(17(16(18)19)8-3-2-4-9-17)6-7-13-15(14)22-11-5-10-21-13/h6-7H,2-5,8-11H2,1H3,(H,18,19). The van der Waals surface area contributed by atoms with Gasteiger partial charge in [-0.2, -0.15) is 0 Å². The third-order valence-electron chi connectivity index (χ3n) is 4.70. The molecule has 0 radical (unpaired) electrons. The van der Waals surface area contributed by atoms with Gasteiger partial charge in [0, 0.05) is 12.0 Å². The maximum Gasteiger partial charge on any atom is 0.314 e. The van der Waals surface area contributed by atoms with E-state index < -0.39 is 11.4 Å². The lowest BCUT2D eigenvalue weighted by Gasteiger charge is -2.35. The first-order chi connectivity index (χ1) is 10.7. The SMILES string of the molecule is COc1c(C2(C(=O)O)CCCCC2)ccc2c1OCCCO2. The van der Waals surface area contributed by atoms with Crippen LogP contribution in [0.2, 0.25) is 0 Å². The van der Waals surface area contributed by atoms with Crippen molar-refractivity contribution in [3.63, 3.8) is 0 Å². The summed E-state index contributed by atoms with van der Waals surface area (Å²) in [6.45, 7) is 1.15. The average Bonchev–Trinajstić information content (AvgIpc) is 2.79. The third-order valence-corrected chi connectivity index (χ3v) is 4.70. The Morgan fingerprint density at radius 1 is 1.14 bits per heavy atom. The zero-order valence-electron chi connectivity index (χ0n) is 12.9. The van der Waals surface area contributed by atoms with Crippen LogP contribution >= 0.6 is 0 Å². The summed E-state index contributed by atoms with van der Waals surface area (Å²) in [6, 6.07) is 3.66. The number of ether oxygens (including phenoxy) is 3. The van der Waals surface area contributed by atoms with E-state index in [1.807, 2.05) is 12.1 Å². The minimum atomic E-state index is -0.881. The highest BCUT2D eigenvalue weighted by atomic mass is 16.5. The Balaban J connectivity index is 2.13. The number of hydrogen-bond acceptors (Lipinski definition) is 4. The van der Waals surface area contributed by atoms with Gasteiger partial charge in [0.05, 0.1) is 25.7 Å². The van der Waals surface area contributed by atoms with Crippen LogP contribution in [-0.4, -0.2) is 31.4 Å². The van der Waals surface area contributed by atoms with E-state index in [0.717, 1.165) is 25.7 Å². The lowest BCUT2D eigenvalue weighted by Crippen LogP contribution is -2.38. The number of carboxylic acids is 1. The Morgan fingerprint density at radius 2 is 1.86 bits per heavy atom. The molecule has 1 saturated carbocycles. The van der Waals surface area contributed by atoms with E-state index in [2.05, 4.69) is 0 Å². The molecule has 1 fully saturated rings. The van der Waals surface area contributed by atoms with Gasteiger partial charge in [0.2, 0.25) is 5.75 Å². The topological polar surface area (TPSA) is 65.0 Å². The third kappa shape index (κ3) is 2.38. The number of rotatable bonds is 3. The molecule has 0 unspecified atom stereocenters. The first kappa shape index (κ1) is 15.0. The van der Waals surface area contributed by atoms with Gasteiger partial charge in [-0.3, -0.25) is 4.79 Å². The summed E-state index contributed by atoms with van der Waals surface area (Å²) in [7, 11) is 1.56. The highest BCUT2D eigenvalue weighted by molar-refractivity contribution is 5.83. The van der Waals surface area contributed by atoms with E-state index in [9.17, 15) is 9.90 Å². The Labute approximate surface area is 130 Å². The molecule has 1 aliphatic carbocycles. The summed E-state index contributed by atoms with van der Waals surface area (Å²) in [6.07, 6.45) is 5.00. The summed E-state index contributed by atoms with van der Waals surface area (Å²) in [5, 5.41) is 9.89. The Morgan fingerprint density at radius 3 is 2.55 bits per heavy atom. The Kier molecular flexibility index (Phi) is 4.14. The van der Waals surface area contributed by atoms with E-state index in [1.54, 1.807) is 7.11 Å². The second-order valence-electron chi connectivity index (χ2n) is 5.97. The second-order valence-corrected chi connectivity index (χ2v) is 5.97. The predicted octanol–water partition coefficient (Wildman–Crippen LogP) is 3.14. The van der Waals surface area contributed by atoms with Crippen molar-refractivity contribution in [2.24, 2.45) is 0 Å². The first-order valence-electron chi connectivity index (χ1n) is 7.89. The second kappa shape index (κ2) is 6.07. The predicted molar refractivity (Wildman–Crippen MR) is 81.0 cm³/mol. The van der Waals surface area contributed by atoms with Crippen LogP contribution in [0.1, 0.15) is 44.1 Å². The zero-order valence-corrected chi connectivity index (χ0v) is 12.9. The fraction of sp³-hybridized carbons (Fsp3) is 0.588. The van der Waals surface area contributed by atoms with Crippen molar-refractivity contribution in [2.45, 2.75) is 43.9 Å². The molecule has 0 aromatic heterocycles. The fourth-order valence-corrected chi connectivity index (χ4v) is 3.54. The van der Waals surface area contributed by atoms with Crippen LogP contribution in [0.25, 0.3) is 0 Å². The molecule has 120 valence electrons. The number of methoxy groups -OCH3 is 1. The molecule has 5 heteroatoms. The number of aliphatic carboxylic acids is 1. The number of benzene rings is 1. The van der Waals surface area contributed by atoms with Crippen LogP contribution in [0, 0.1) is 0 Å². The quantitative estimate of drug-likeness (QED) is 0.929. The number of hydrogen-bond donors (Lipinski definition) is 1. The highest BCUT2D eigenvalue weighted by Gasteiger charge is 2.44. The molecule has 5 nitrogen and oxygen atoms in total. The van der Waals surface area contributed by atoms with Crippen molar-refractivity contribution in [3.8, 4) is 17.2 Å². The monoisotopic (exact) mass is 306 g/mol. The first-order valence-corrected chi connectivity index (χ1v) is 7.89. The summed E-state index contributed by atoms with van der Waals surface area (Å²) in [4.78, 5) is 12.1. The zero-order chi connectivity index (χ0) is 15.6. The van der Waals surface area contributed by atoms with E-state index in [0.29, 0.717) is 48.9 Å². The molecule has 22 heavy (non-hydrogen) atoms. The maximum atomic E-state index is 12.1. The Hall–Kier alpha value is -1.91. The molecule has 1 heterocycles. The van der Waals surface area contributed by atoms with Gasteiger partial charge in [-0.25, -0.2) is 0 Å². The van der Waals surface area contributed by atoms with Crippen molar-refractivity contribution in [3.05, 3.63) is 17.7 Å². The summed E-state index contributed by atoms with van der Waals surface area (Å²) in [5.41, 5.74) is -0.166. The molecular weight excluding hydrogens is 284 g/mol. The molecular formula is C17H22O5. The van der Waals surface area contributed by atoms with E-state index in [4.69, 9.17) is 14.2 Å². The molecule has 2 aliphatic rings. The van der Waals surface area contributed by atoms with E-state index in [-0.39, 0.29) is 0 Å². The molecule has 1 aliphatic heterocycles. The van der Waals surface area contributed by atoms with Gasteiger partial charge in [-0.15, -0.1) is 0 Å². The lowest BCUT2D eigenvalue weighted by atomic mass is 9.69. The van der Waals surface area contributed by atoms with Crippen molar-refractivity contribution in [2.75, 3.05) is 20.3 Å². The number of carbonyl (C=O) groups is 1. The van der Waals surface area contributed by atoms with Crippen LogP contribution < -0.4 is 14.2 Å². The van der Waals surface area contributed by atoms with Gasteiger partial charge >= 0.3 is 5.97 Å². The van der Waals surface area contributed by atoms with Gasteiger partial charge in [0.15, 0.2) is 11.5 Å². The van der Waals surface area contributed by atoms with Gasteiger partial charge in [0.1, 0.15) is 0 Å². The minimum Gasteiger partial charge on any atom is -0.492 e. The summed E-state index contributed by atoms with van der Waals surface area (Å²) >= 11 is 0. The normalized spacial score (nSPS) is 20.0. The molecule has 1 N–H and O–H groups in total. The van der Waals surface area contributed by atoms with Crippen molar-refractivity contribution in [1.29, 1.82) is 0 Å². The van der Waals surface area contributed by atoms with Gasteiger partial charge < -0.3 is 19.3 Å². The van der Waals surface area contributed by atoms with Crippen molar-refractivity contribution in [1.82, 2.24) is 0 Å². The molecule has 3 rings (SSSR count). The lowest BCUT2D eigenvalue weighted by molar-refractivity contribution is -0.145. The smallest absolute Gasteiger partial charge is 0.314 e. The van der Waals surface area contributed by atoms with Crippen molar-refractivity contribution >= 4 is 5.97 Å². The highest BCUT2D eigenvalue weighted by Crippen LogP contribution is 2.50. The molecule has 0 bridgehead atoms. The van der Waals surface area contributed by atoms with Gasteiger partial charge in [-0.05, 0) is 18.9 Å². The minimum absolute atomic E-state index is 0.517. The Bertz CT molecular complexity index is 560. The van der Waals surface area contributed by atoms with E-state index >= 15 is 0 Å².